The van der Waals surface area contributed by atoms with Crippen LogP contribution in [0.25, 0.3) is 0 Å². The molecule has 9 heteroatoms. The number of carbonyl (C=O) groups is 2. The Bertz CT molecular complexity index is 1150. The zero-order valence-corrected chi connectivity index (χ0v) is 20.7. The molecule has 1 unspecified atom stereocenters. The molecule has 0 bridgehead atoms. The van der Waals surface area contributed by atoms with E-state index in [4.69, 9.17) is 4.74 Å². The summed E-state index contributed by atoms with van der Waals surface area (Å²) in [6.45, 7) is 6.98. The molecule has 2 aromatic heterocycles. The van der Waals surface area contributed by atoms with Gasteiger partial charge in [0.2, 0.25) is 5.91 Å². The van der Waals surface area contributed by atoms with Crippen molar-refractivity contribution >= 4 is 29.3 Å². The third-order valence-corrected chi connectivity index (χ3v) is 6.67. The highest BCUT2D eigenvalue weighted by Gasteiger charge is 2.23. The lowest BCUT2D eigenvalue weighted by Gasteiger charge is -2.27. The van der Waals surface area contributed by atoms with Gasteiger partial charge in [-0.2, -0.15) is 0 Å². The molecule has 0 saturated carbocycles. The average Bonchev–Trinajstić information content (AvgIpc) is 2.84. The van der Waals surface area contributed by atoms with Crippen molar-refractivity contribution in [1.82, 2.24) is 20.2 Å². The molecule has 2 amide bonds. The number of thioether (sulfide) groups is 1. The van der Waals surface area contributed by atoms with Crippen LogP contribution < -0.4 is 10.6 Å². The Labute approximate surface area is 209 Å². The van der Waals surface area contributed by atoms with Gasteiger partial charge in [0.1, 0.15) is 10.4 Å². The van der Waals surface area contributed by atoms with E-state index >= 15 is 0 Å². The molecule has 1 fully saturated rings. The van der Waals surface area contributed by atoms with Crippen LogP contribution >= 0.6 is 11.8 Å². The first-order chi connectivity index (χ1) is 17.0. The van der Waals surface area contributed by atoms with Gasteiger partial charge in [-0.15, -0.1) is 0 Å². The summed E-state index contributed by atoms with van der Waals surface area (Å²) in [5, 5.41) is 6.18. The molecular weight excluding hydrogens is 462 g/mol. The third kappa shape index (κ3) is 7.11. The van der Waals surface area contributed by atoms with E-state index in [0.717, 1.165) is 35.5 Å². The first-order valence-corrected chi connectivity index (χ1v) is 12.4. The summed E-state index contributed by atoms with van der Waals surface area (Å²) in [6, 6.07) is 13.1. The first kappa shape index (κ1) is 24.8. The number of benzene rings is 1. The summed E-state index contributed by atoms with van der Waals surface area (Å²) < 4.78 is 5.37. The van der Waals surface area contributed by atoms with Crippen molar-refractivity contribution in [3.63, 3.8) is 0 Å². The lowest BCUT2D eigenvalue weighted by Crippen LogP contribution is -2.43. The van der Waals surface area contributed by atoms with Crippen LogP contribution in [0.3, 0.4) is 0 Å². The highest BCUT2D eigenvalue weighted by Crippen LogP contribution is 2.34. The van der Waals surface area contributed by atoms with E-state index in [9.17, 15) is 9.59 Å². The minimum atomic E-state index is -0.436. The number of rotatable bonds is 8. The molecule has 4 rings (SSSR count). The molecule has 0 aliphatic carbocycles. The fraction of sp³-hybridized carbons (Fsp3) is 0.308. The number of pyridine rings is 2. The highest BCUT2D eigenvalue weighted by atomic mass is 32.2. The second kappa shape index (κ2) is 11.9. The largest absolute Gasteiger partial charge is 0.379 e. The molecule has 1 atom stereocenters. The van der Waals surface area contributed by atoms with Crippen LogP contribution in [0.2, 0.25) is 0 Å². The van der Waals surface area contributed by atoms with Gasteiger partial charge in [-0.1, -0.05) is 17.8 Å². The van der Waals surface area contributed by atoms with E-state index in [0.29, 0.717) is 23.8 Å². The number of ether oxygens (including phenoxy) is 1. The van der Waals surface area contributed by atoms with Gasteiger partial charge in [0.15, 0.2) is 0 Å². The predicted octanol–water partition coefficient (Wildman–Crippen LogP) is 3.59. The Kier molecular flexibility index (Phi) is 8.46. The molecule has 182 valence electrons. The standard InChI is InChI=1S/C26H29N5O3S/c1-18-14-19(2)16-21(15-18)29-24(33)22-4-3-7-28-26(22)35-25(20-5-8-27-9-6-20)30-23(32)17-31-10-12-34-13-11-31/h3-9,14-16,25H,10-13,17H2,1-2H3,(H,29,33)(H,30,32). The van der Waals surface area contributed by atoms with Crippen LogP contribution in [0.15, 0.2) is 66.1 Å². The Balaban J connectivity index is 1.53. The smallest absolute Gasteiger partial charge is 0.258 e. The molecule has 1 aliphatic heterocycles. The second-order valence-corrected chi connectivity index (χ2v) is 9.51. The van der Waals surface area contributed by atoms with Gasteiger partial charge in [0.05, 0.1) is 25.3 Å². The second-order valence-electron chi connectivity index (χ2n) is 8.42. The van der Waals surface area contributed by atoms with Gasteiger partial charge in [0.25, 0.3) is 5.91 Å². The number of hydrogen-bond donors (Lipinski definition) is 2. The van der Waals surface area contributed by atoms with Crippen molar-refractivity contribution < 1.29 is 14.3 Å². The fourth-order valence-electron chi connectivity index (χ4n) is 3.89. The minimum absolute atomic E-state index is 0.0987. The summed E-state index contributed by atoms with van der Waals surface area (Å²) >= 11 is 1.33. The third-order valence-electron chi connectivity index (χ3n) is 5.50. The van der Waals surface area contributed by atoms with Gasteiger partial charge in [-0.05, 0) is 66.9 Å². The summed E-state index contributed by atoms with van der Waals surface area (Å²) in [6.07, 6.45) is 5.02. The van der Waals surface area contributed by atoms with Gasteiger partial charge in [0, 0.05) is 37.4 Å². The van der Waals surface area contributed by atoms with Gasteiger partial charge in [-0.25, -0.2) is 4.98 Å². The fourth-order valence-corrected chi connectivity index (χ4v) is 5.00. The molecule has 0 radical (unpaired) electrons. The molecule has 0 spiro atoms. The zero-order chi connectivity index (χ0) is 24.6. The number of morpholine rings is 1. The number of aromatic nitrogens is 2. The molecule has 8 nitrogen and oxygen atoms in total. The SMILES string of the molecule is Cc1cc(C)cc(NC(=O)c2cccnc2SC(NC(=O)CN2CCOCC2)c2ccncc2)c1. The maximum atomic E-state index is 13.2. The summed E-state index contributed by atoms with van der Waals surface area (Å²) in [5.41, 5.74) is 4.19. The number of hydrogen-bond acceptors (Lipinski definition) is 7. The average molecular weight is 492 g/mol. The Morgan fingerprint density at radius 1 is 1.06 bits per heavy atom. The van der Waals surface area contributed by atoms with Crippen LogP contribution in [-0.2, 0) is 9.53 Å². The molecule has 1 aromatic carbocycles. The molecule has 35 heavy (non-hydrogen) atoms. The molecule has 1 aliphatic rings. The summed E-state index contributed by atoms with van der Waals surface area (Å²) in [5.74, 6) is -0.350. The normalized spacial score (nSPS) is 14.8. The molecular formula is C26H29N5O3S. The van der Waals surface area contributed by atoms with E-state index in [2.05, 4.69) is 31.6 Å². The van der Waals surface area contributed by atoms with Gasteiger partial charge < -0.3 is 15.4 Å². The van der Waals surface area contributed by atoms with Crippen LogP contribution in [0, 0.1) is 13.8 Å². The van der Waals surface area contributed by atoms with Crippen molar-refractivity contribution in [2.75, 3.05) is 38.2 Å². The lowest BCUT2D eigenvalue weighted by atomic mass is 10.1. The summed E-state index contributed by atoms with van der Waals surface area (Å²) in [7, 11) is 0. The first-order valence-electron chi connectivity index (χ1n) is 11.5. The highest BCUT2D eigenvalue weighted by molar-refractivity contribution is 7.99. The van der Waals surface area contributed by atoms with E-state index in [1.165, 1.54) is 11.8 Å². The number of nitrogens with zero attached hydrogens (tertiary/aromatic N) is 3. The quantitative estimate of drug-likeness (QED) is 0.367. The van der Waals surface area contributed by atoms with Crippen LogP contribution in [0.1, 0.15) is 32.4 Å². The summed E-state index contributed by atoms with van der Waals surface area (Å²) in [4.78, 5) is 36.7. The maximum absolute atomic E-state index is 13.2. The zero-order valence-electron chi connectivity index (χ0n) is 19.9. The maximum Gasteiger partial charge on any atom is 0.258 e. The number of aryl methyl sites for hydroxylation is 2. The van der Waals surface area contributed by atoms with Crippen LogP contribution in [-0.4, -0.2) is 59.5 Å². The Hall–Kier alpha value is -3.27. The number of amides is 2. The van der Waals surface area contributed by atoms with Crippen molar-refractivity contribution in [1.29, 1.82) is 0 Å². The molecule has 3 aromatic rings. The Morgan fingerprint density at radius 2 is 1.77 bits per heavy atom. The van der Waals surface area contributed by atoms with E-state index in [-0.39, 0.29) is 18.4 Å². The van der Waals surface area contributed by atoms with Crippen molar-refractivity contribution in [3.05, 3.63) is 83.3 Å². The topological polar surface area (TPSA) is 96.5 Å². The van der Waals surface area contributed by atoms with E-state index < -0.39 is 5.37 Å². The number of carbonyl (C=O) groups excluding carboxylic acids is 2. The molecule has 1 saturated heterocycles. The van der Waals surface area contributed by atoms with Crippen molar-refractivity contribution in [2.24, 2.45) is 0 Å². The van der Waals surface area contributed by atoms with Crippen LogP contribution in [0.5, 0.6) is 0 Å². The van der Waals surface area contributed by atoms with E-state index in [1.807, 2.05) is 38.1 Å². The number of nitrogens with one attached hydrogen (secondary N) is 2. The molecule has 3 heterocycles. The van der Waals surface area contributed by atoms with Crippen molar-refractivity contribution in [2.45, 2.75) is 24.2 Å². The van der Waals surface area contributed by atoms with Gasteiger partial charge >= 0.3 is 0 Å². The van der Waals surface area contributed by atoms with E-state index in [1.54, 1.807) is 30.7 Å². The van der Waals surface area contributed by atoms with Crippen LogP contribution in [0.4, 0.5) is 5.69 Å². The van der Waals surface area contributed by atoms with Crippen molar-refractivity contribution in [3.8, 4) is 0 Å². The monoisotopic (exact) mass is 491 g/mol. The minimum Gasteiger partial charge on any atom is -0.379 e. The predicted molar refractivity (Wildman–Crippen MR) is 136 cm³/mol. The molecule has 2 N–H and O–H groups in total. The Morgan fingerprint density at radius 3 is 2.49 bits per heavy atom. The number of anilines is 1. The van der Waals surface area contributed by atoms with Gasteiger partial charge in [-0.3, -0.25) is 19.5 Å². The lowest BCUT2D eigenvalue weighted by molar-refractivity contribution is -0.123.